The quantitative estimate of drug-likeness (QED) is 0.535. The molecular formula is C25H33N3O3S. The number of thiophene rings is 1. The first-order valence-electron chi connectivity index (χ1n) is 11.5. The van der Waals surface area contributed by atoms with Crippen LogP contribution in [-0.2, 0) is 9.53 Å². The molecule has 2 aromatic rings. The molecule has 1 aliphatic rings. The van der Waals surface area contributed by atoms with Crippen molar-refractivity contribution >= 4 is 33.4 Å². The normalized spacial score (nSPS) is 21.7. The van der Waals surface area contributed by atoms with Gasteiger partial charge in [-0.1, -0.05) is 45.4 Å². The highest BCUT2D eigenvalue weighted by atomic mass is 32.1. The Kier molecular flexibility index (Phi) is 8.52. The standard InChI is InChI=1S/C25H33N3O3S/c1-16(2)18-10-9-17(3)13-22(18)31-25(30)28-14-20(24(29)27-12-6-11-26)21-15-32-23-8-5-4-7-19(21)23/h4-5,7-8,15-18,20,22H,6,9-10,12-14H2,1-3H3,(H,27,29)(H,28,30). The molecule has 6 nitrogen and oxygen atoms in total. The summed E-state index contributed by atoms with van der Waals surface area (Å²) in [6, 6.07) is 9.96. The van der Waals surface area contributed by atoms with E-state index in [-0.39, 0.29) is 31.5 Å². The van der Waals surface area contributed by atoms with E-state index < -0.39 is 12.0 Å². The van der Waals surface area contributed by atoms with Gasteiger partial charge in [0.25, 0.3) is 0 Å². The first kappa shape index (κ1) is 24.1. The number of nitrogens with one attached hydrogen (secondary N) is 2. The molecule has 1 aromatic heterocycles. The van der Waals surface area contributed by atoms with Crippen LogP contribution in [0.25, 0.3) is 10.1 Å². The fraction of sp³-hybridized carbons (Fsp3) is 0.560. The van der Waals surface area contributed by atoms with Crippen LogP contribution < -0.4 is 10.6 Å². The van der Waals surface area contributed by atoms with Gasteiger partial charge < -0.3 is 15.4 Å². The average Bonchev–Trinajstić information content (AvgIpc) is 3.18. The van der Waals surface area contributed by atoms with E-state index in [1.165, 1.54) is 6.42 Å². The summed E-state index contributed by atoms with van der Waals surface area (Å²) in [5.74, 6) is 0.608. The van der Waals surface area contributed by atoms with Crippen molar-refractivity contribution in [1.82, 2.24) is 10.6 Å². The average molecular weight is 456 g/mol. The molecule has 0 saturated heterocycles. The van der Waals surface area contributed by atoms with Gasteiger partial charge in [-0.05, 0) is 53.0 Å². The third-order valence-corrected chi connectivity index (χ3v) is 7.39. The molecule has 0 radical (unpaired) electrons. The van der Waals surface area contributed by atoms with Gasteiger partial charge in [-0.3, -0.25) is 4.79 Å². The SMILES string of the molecule is CC1CCC(C(C)C)C(OC(=O)NCC(C(=O)NCCC#N)c2csc3ccccc23)C1. The summed E-state index contributed by atoms with van der Waals surface area (Å²) in [6.07, 6.45) is 2.80. The molecule has 1 fully saturated rings. The van der Waals surface area contributed by atoms with Crippen molar-refractivity contribution in [3.63, 3.8) is 0 Å². The maximum Gasteiger partial charge on any atom is 0.407 e. The molecule has 2 N–H and O–H groups in total. The molecule has 4 unspecified atom stereocenters. The third-order valence-electron chi connectivity index (χ3n) is 6.41. The van der Waals surface area contributed by atoms with Crippen LogP contribution >= 0.6 is 11.3 Å². The Morgan fingerprint density at radius 3 is 2.78 bits per heavy atom. The molecular weight excluding hydrogens is 422 g/mol. The molecule has 0 aliphatic heterocycles. The van der Waals surface area contributed by atoms with Crippen molar-refractivity contribution in [2.45, 2.75) is 58.5 Å². The number of hydrogen-bond acceptors (Lipinski definition) is 5. The van der Waals surface area contributed by atoms with Crippen molar-refractivity contribution in [2.75, 3.05) is 13.1 Å². The van der Waals surface area contributed by atoms with E-state index in [4.69, 9.17) is 10.00 Å². The predicted molar refractivity (Wildman–Crippen MR) is 127 cm³/mol. The van der Waals surface area contributed by atoms with Gasteiger partial charge in [0.1, 0.15) is 6.10 Å². The highest BCUT2D eigenvalue weighted by molar-refractivity contribution is 7.17. The van der Waals surface area contributed by atoms with E-state index in [0.717, 1.165) is 28.5 Å². The second kappa shape index (κ2) is 11.3. The zero-order valence-corrected chi connectivity index (χ0v) is 19.9. The van der Waals surface area contributed by atoms with Crippen molar-refractivity contribution in [2.24, 2.45) is 17.8 Å². The molecule has 32 heavy (non-hydrogen) atoms. The molecule has 7 heteroatoms. The van der Waals surface area contributed by atoms with E-state index >= 15 is 0 Å². The zero-order valence-electron chi connectivity index (χ0n) is 19.1. The predicted octanol–water partition coefficient (Wildman–Crippen LogP) is 5.20. The zero-order chi connectivity index (χ0) is 23.1. The summed E-state index contributed by atoms with van der Waals surface area (Å²) < 4.78 is 6.94. The number of fused-ring (bicyclic) bond motifs is 1. The number of carbonyl (C=O) groups is 2. The van der Waals surface area contributed by atoms with E-state index in [9.17, 15) is 9.59 Å². The number of nitrogens with zero attached hydrogens (tertiary/aromatic N) is 1. The number of ether oxygens (including phenoxy) is 1. The van der Waals surface area contributed by atoms with Gasteiger partial charge in [0, 0.05) is 17.8 Å². The Morgan fingerprint density at radius 2 is 2.03 bits per heavy atom. The van der Waals surface area contributed by atoms with Gasteiger partial charge in [0.05, 0.1) is 18.4 Å². The lowest BCUT2D eigenvalue weighted by atomic mass is 9.75. The van der Waals surface area contributed by atoms with Crippen LogP contribution in [0, 0.1) is 29.1 Å². The smallest absolute Gasteiger partial charge is 0.407 e. The van der Waals surface area contributed by atoms with Crippen LogP contribution in [0.3, 0.4) is 0 Å². The fourth-order valence-electron chi connectivity index (χ4n) is 4.59. The molecule has 2 amide bonds. The molecule has 1 aliphatic carbocycles. The third kappa shape index (κ3) is 6.01. The van der Waals surface area contributed by atoms with E-state index in [1.54, 1.807) is 11.3 Å². The topological polar surface area (TPSA) is 91.2 Å². The van der Waals surface area contributed by atoms with Crippen molar-refractivity contribution in [3.8, 4) is 6.07 Å². The maximum absolute atomic E-state index is 12.9. The summed E-state index contributed by atoms with van der Waals surface area (Å²) in [5, 5.41) is 17.4. The summed E-state index contributed by atoms with van der Waals surface area (Å²) in [7, 11) is 0. The number of rotatable bonds is 8. The lowest BCUT2D eigenvalue weighted by Gasteiger charge is -2.36. The van der Waals surface area contributed by atoms with Gasteiger partial charge in [-0.25, -0.2) is 4.79 Å². The summed E-state index contributed by atoms with van der Waals surface area (Å²) >= 11 is 1.58. The fourth-order valence-corrected chi connectivity index (χ4v) is 5.61. The number of amides is 2. The summed E-state index contributed by atoms with van der Waals surface area (Å²) in [6.45, 7) is 6.99. The van der Waals surface area contributed by atoms with Crippen LogP contribution in [0.2, 0.25) is 0 Å². The van der Waals surface area contributed by atoms with Crippen LogP contribution in [0.4, 0.5) is 4.79 Å². The number of alkyl carbamates (subject to hydrolysis) is 1. The van der Waals surface area contributed by atoms with Crippen LogP contribution in [0.1, 0.15) is 57.9 Å². The Bertz CT molecular complexity index is 965. The first-order valence-corrected chi connectivity index (χ1v) is 12.3. The lowest BCUT2D eigenvalue weighted by Crippen LogP contribution is -2.41. The maximum atomic E-state index is 12.9. The molecule has 1 saturated carbocycles. The minimum Gasteiger partial charge on any atom is -0.446 e. The molecule has 172 valence electrons. The van der Waals surface area contributed by atoms with Crippen molar-refractivity contribution in [1.29, 1.82) is 5.26 Å². The van der Waals surface area contributed by atoms with E-state index in [0.29, 0.717) is 17.8 Å². The highest BCUT2D eigenvalue weighted by Gasteiger charge is 2.34. The molecule has 0 spiro atoms. The summed E-state index contributed by atoms with van der Waals surface area (Å²) in [4.78, 5) is 25.6. The highest BCUT2D eigenvalue weighted by Crippen LogP contribution is 2.35. The summed E-state index contributed by atoms with van der Waals surface area (Å²) in [5.41, 5.74) is 0.881. The minimum atomic E-state index is -0.552. The molecule has 1 aromatic carbocycles. The van der Waals surface area contributed by atoms with Gasteiger partial charge in [-0.15, -0.1) is 11.3 Å². The largest absolute Gasteiger partial charge is 0.446 e. The van der Waals surface area contributed by atoms with E-state index in [2.05, 4.69) is 31.4 Å². The second-order valence-electron chi connectivity index (χ2n) is 9.09. The molecule has 4 atom stereocenters. The number of nitriles is 1. The Labute approximate surface area is 194 Å². The molecule has 3 rings (SSSR count). The number of benzene rings is 1. The van der Waals surface area contributed by atoms with Crippen molar-refractivity contribution in [3.05, 3.63) is 35.2 Å². The monoisotopic (exact) mass is 455 g/mol. The second-order valence-corrected chi connectivity index (χ2v) is 10.0. The molecule has 1 heterocycles. The van der Waals surface area contributed by atoms with Crippen LogP contribution in [-0.4, -0.2) is 31.2 Å². The van der Waals surface area contributed by atoms with Gasteiger partial charge in [0.15, 0.2) is 0 Å². The van der Waals surface area contributed by atoms with Gasteiger partial charge >= 0.3 is 6.09 Å². The Morgan fingerprint density at radius 1 is 1.25 bits per heavy atom. The number of carbonyl (C=O) groups excluding carboxylic acids is 2. The van der Waals surface area contributed by atoms with Crippen LogP contribution in [0.15, 0.2) is 29.6 Å². The van der Waals surface area contributed by atoms with E-state index in [1.807, 2.05) is 35.7 Å². The molecule has 0 bridgehead atoms. The van der Waals surface area contributed by atoms with Gasteiger partial charge in [0.2, 0.25) is 5.91 Å². The van der Waals surface area contributed by atoms with Crippen LogP contribution in [0.5, 0.6) is 0 Å². The first-order chi connectivity index (χ1) is 15.4. The van der Waals surface area contributed by atoms with Crippen molar-refractivity contribution < 1.29 is 14.3 Å². The minimum absolute atomic E-state index is 0.0939. The lowest BCUT2D eigenvalue weighted by molar-refractivity contribution is -0.122. The Hall–Kier alpha value is -2.59. The number of hydrogen-bond donors (Lipinski definition) is 2. The Balaban J connectivity index is 1.70. The van der Waals surface area contributed by atoms with Gasteiger partial charge in [-0.2, -0.15) is 5.26 Å².